The second-order valence-corrected chi connectivity index (χ2v) is 6.34. The molecule has 0 bridgehead atoms. The zero-order valence-electron chi connectivity index (χ0n) is 14.9. The molecule has 5 nitrogen and oxygen atoms in total. The Bertz CT molecular complexity index is 477. The summed E-state index contributed by atoms with van der Waals surface area (Å²) in [6.07, 6.45) is 9.11. The predicted octanol–water partition coefficient (Wildman–Crippen LogP) is 2.90. The molecule has 1 aliphatic rings. The minimum absolute atomic E-state index is 0. The summed E-state index contributed by atoms with van der Waals surface area (Å²) in [6.45, 7) is 3.55. The van der Waals surface area contributed by atoms with Crippen molar-refractivity contribution in [2.45, 2.75) is 57.6 Å². The van der Waals surface area contributed by atoms with Gasteiger partial charge in [-0.2, -0.15) is 0 Å². The monoisotopic (exact) mass is 391 g/mol. The van der Waals surface area contributed by atoms with Crippen molar-refractivity contribution in [3.63, 3.8) is 0 Å². The van der Waals surface area contributed by atoms with Crippen LogP contribution in [0.5, 0.6) is 0 Å². The first-order chi connectivity index (χ1) is 11.2. The third-order valence-corrected chi connectivity index (χ3v) is 4.40. The molecule has 0 saturated heterocycles. The second kappa shape index (κ2) is 13.3. The van der Waals surface area contributed by atoms with E-state index in [2.05, 4.69) is 23.3 Å². The Hall–Kier alpha value is -0.880. The molecule has 0 radical (unpaired) electrons. The van der Waals surface area contributed by atoms with E-state index in [0.717, 1.165) is 45.1 Å². The van der Waals surface area contributed by atoms with Gasteiger partial charge in [0.2, 0.25) is 5.91 Å². The van der Waals surface area contributed by atoms with Gasteiger partial charge in [-0.1, -0.05) is 13.0 Å². The fraction of sp³-hybridized carbons (Fsp3) is 0.667. The number of rotatable bonds is 8. The number of carbonyl (C=O) groups excluding carboxylic acids is 1. The number of halogens is 2. The molecule has 1 aliphatic carbocycles. The number of carbonyl (C=O) groups is 1. The molecule has 0 unspecified atom stereocenters. The number of aryl methyl sites for hydroxylation is 1. The maximum Gasteiger partial charge on any atom is 0.223 e. The van der Waals surface area contributed by atoms with Crippen LogP contribution in [0, 0.1) is 5.92 Å². The van der Waals surface area contributed by atoms with Crippen molar-refractivity contribution in [2.75, 3.05) is 13.2 Å². The summed E-state index contributed by atoms with van der Waals surface area (Å²) in [5.41, 5.74) is 7.37. The number of nitrogens with zero attached hydrogens (tertiary/aromatic N) is 1. The fourth-order valence-corrected chi connectivity index (χ4v) is 3.09. The average Bonchev–Trinajstić information content (AvgIpc) is 2.58. The largest absolute Gasteiger partial charge is 0.377 e. The van der Waals surface area contributed by atoms with E-state index in [0.29, 0.717) is 6.54 Å². The Kier molecular flexibility index (Phi) is 12.9. The summed E-state index contributed by atoms with van der Waals surface area (Å²) in [7, 11) is 0. The lowest BCUT2D eigenvalue weighted by Gasteiger charge is -2.33. The molecular weight excluding hydrogens is 361 g/mol. The number of aromatic nitrogens is 1. The van der Waals surface area contributed by atoms with Gasteiger partial charge in [0.15, 0.2) is 0 Å². The average molecular weight is 392 g/mol. The first-order valence-electron chi connectivity index (χ1n) is 8.74. The van der Waals surface area contributed by atoms with Crippen LogP contribution in [-0.2, 0) is 16.0 Å². The van der Waals surface area contributed by atoms with Gasteiger partial charge in [-0.3, -0.25) is 9.78 Å². The molecule has 1 heterocycles. The van der Waals surface area contributed by atoms with Crippen LogP contribution in [0.3, 0.4) is 0 Å². The van der Waals surface area contributed by atoms with Crippen molar-refractivity contribution in [3.8, 4) is 0 Å². The normalized spacial score (nSPS) is 22.4. The van der Waals surface area contributed by atoms with E-state index >= 15 is 0 Å². The van der Waals surface area contributed by atoms with Gasteiger partial charge in [-0.25, -0.2) is 0 Å². The number of amides is 1. The SMILES string of the molecule is CCCO[C@@H]1CC[C@H](C(=O)NCCCc2cccnc2)C[C@H]1N.Cl.Cl. The molecule has 25 heavy (non-hydrogen) atoms. The van der Waals surface area contributed by atoms with Gasteiger partial charge in [-0.15, -0.1) is 24.8 Å². The molecule has 1 amide bonds. The third-order valence-electron chi connectivity index (χ3n) is 4.40. The van der Waals surface area contributed by atoms with Crippen LogP contribution in [-0.4, -0.2) is 36.2 Å². The third kappa shape index (κ3) is 8.36. The molecule has 7 heteroatoms. The number of pyridine rings is 1. The zero-order valence-corrected chi connectivity index (χ0v) is 16.5. The van der Waals surface area contributed by atoms with E-state index in [-0.39, 0.29) is 48.8 Å². The molecule has 0 aliphatic heterocycles. The van der Waals surface area contributed by atoms with Crippen LogP contribution >= 0.6 is 24.8 Å². The predicted molar refractivity (Wildman–Crippen MR) is 105 cm³/mol. The van der Waals surface area contributed by atoms with E-state index in [1.807, 2.05) is 12.3 Å². The lowest BCUT2D eigenvalue weighted by molar-refractivity contribution is -0.127. The van der Waals surface area contributed by atoms with Gasteiger partial charge in [0.1, 0.15) is 0 Å². The Labute approximate surface area is 163 Å². The lowest BCUT2D eigenvalue weighted by Crippen LogP contribution is -2.46. The van der Waals surface area contributed by atoms with Gasteiger partial charge < -0.3 is 15.8 Å². The molecule has 3 atom stereocenters. The molecule has 1 fully saturated rings. The minimum atomic E-state index is -0.0264. The minimum Gasteiger partial charge on any atom is -0.377 e. The number of hydrogen-bond donors (Lipinski definition) is 2. The van der Waals surface area contributed by atoms with Crippen molar-refractivity contribution >= 4 is 30.7 Å². The maximum atomic E-state index is 12.3. The number of nitrogens with two attached hydrogens (primary N) is 1. The molecule has 3 N–H and O–H groups in total. The summed E-state index contributed by atoms with van der Waals surface area (Å²) in [5, 5.41) is 3.05. The summed E-state index contributed by atoms with van der Waals surface area (Å²) in [6, 6.07) is 3.97. The quantitative estimate of drug-likeness (QED) is 0.667. The topological polar surface area (TPSA) is 77.2 Å². The number of nitrogens with one attached hydrogen (secondary N) is 1. The summed E-state index contributed by atoms with van der Waals surface area (Å²) >= 11 is 0. The zero-order chi connectivity index (χ0) is 16.5. The summed E-state index contributed by atoms with van der Waals surface area (Å²) in [4.78, 5) is 16.4. The Morgan fingerprint density at radius 1 is 1.40 bits per heavy atom. The van der Waals surface area contributed by atoms with Crippen LogP contribution in [0.15, 0.2) is 24.5 Å². The van der Waals surface area contributed by atoms with Crippen LogP contribution in [0.1, 0.15) is 44.6 Å². The molecule has 1 aromatic rings. The Morgan fingerprint density at radius 2 is 2.20 bits per heavy atom. The van der Waals surface area contributed by atoms with Crippen LogP contribution < -0.4 is 11.1 Å². The lowest BCUT2D eigenvalue weighted by atomic mass is 9.83. The second-order valence-electron chi connectivity index (χ2n) is 6.34. The van der Waals surface area contributed by atoms with Crippen molar-refractivity contribution in [1.29, 1.82) is 0 Å². The first kappa shape index (κ1) is 24.1. The van der Waals surface area contributed by atoms with E-state index in [1.54, 1.807) is 6.20 Å². The smallest absolute Gasteiger partial charge is 0.223 e. The van der Waals surface area contributed by atoms with Crippen LogP contribution in [0.4, 0.5) is 0 Å². The highest BCUT2D eigenvalue weighted by atomic mass is 35.5. The van der Waals surface area contributed by atoms with Gasteiger partial charge >= 0.3 is 0 Å². The molecule has 0 spiro atoms. The maximum absolute atomic E-state index is 12.3. The van der Waals surface area contributed by atoms with Crippen LogP contribution in [0.25, 0.3) is 0 Å². The van der Waals surface area contributed by atoms with Crippen molar-refractivity contribution in [1.82, 2.24) is 10.3 Å². The summed E-state index contributed by atoms with van der Waals surface area (Å²) < 4.78 is 5.76. The van der Waals surface area contributed by atoms with E-state index < -0.39 is 0 Å². The Morgan fingerprint density at radius 3 is 2.84 bits per heavy atom. The standard InChI is InChI=1S/C18H29N3O2.2ClH/c1-2-11-23-17-8-7-15(12-16(17)19)18(22)21-10-4-6-14-5-3-9-20-13-14;;/h3,5,9,13,15-17H,2,4,6-8,10-12,19H2,1H3,(H,21,22);2*1H/t15-,16+,17+;;/m0../s1. The highest BCUT2D eigenvalue weighted by Crippen LogP contribution is 2.26. The van der Waals surface area contributed by atoms with Crippen molar-refractivity contribution < 1.29 is 9.53 Å². The molecule has 1 aromatic heterocycles. The summed E-state index contributed by atoms with van der Waals surface area (Å²) in [5.74, 6) is 0.172. The molecule has 0 aromatic carbocycles. The highest BCUT2D eigenvalue weighted by Gasteiger charge is 2.32. The fourth-order valence-electron chi connectivity index (χ4n) is 3.09. The van der Waals surface area contributed by atoms with Crippen molar-refractivity contribution in [3.05, 3.63) is 30.1 Å². The molecule has 144 valence electrons. The first-order valence-corrected chi connectivity index (χ1v) is 8.74. The Balaban J connectivity index is 0.00000288. The van der Waals surface area contributed by atoms with Gasteiger partial charge in [0.05, 0.1) is 6.10 Å². The van der Waals surface area contributed by atoms with Crippen molar-refractivity contribution in [2.24, 2.45) is 11.7 Å². The van der Waals surface area contributed by atoms with Gasteiger partial charge in [0.25, 0.3) is 0 Å². The van der Waals surface area contributed by atoms with Gasteiger partial charge in [-0.05, 0) is 50.2 Å². The highest BCUT2D eigenvalue weighted by molar-refractivity contribution is 5.85. The van der Waals surface area contributed by atoms with E-state index in [4.69, 9.17) is 10.5 Å². The van der Waals surface area contributed by atoms with Gasteiger partial charge in [0, 0.05) is 37.5 Å². The molecular formula is C18H31Cl2N3O2. The number of hydrogen-bond acceptors (Lipinski definition) is 4. The number of ether oxygens (including phenoxy) is 1. The molecule has 1 saturated carbocycles. The van der Waals surface area contributed by atoms with Crippen LogP contribution in [0.2, 0.25) is 0 Å². The van der Waals surface area contributed by atoms with E-state index in [9.17, 15) is 4.79 Å². The molecule has 2 rings (SSSR count). The van der Waals surface area contributed by atoms with E-state index in [1.165, 1.54) is 5.56 Å².